The second-order valence-electron chi connectivity index (χ2n) is 6.08. The molecule has 1 aliphatic rings. The average Bonchev–Trinajstić information content (AvgIpc) is 2.49. The van der Waals surface area contributed by atoms with Gasteiger partial charge in [0.05, 0.1) is 4.90 Å². The minimum absolute atomic E-state index is 0.120. The number of hydrogen-bond acceptors (Lipinski definition) is 4. The maximum atomic E-state index is 12.6. The highest BCUT2D eigenvalue weighted by Crippen LogP contribution is 2.22. The lowest BCUT2D eigenvalue weighted by molar-refractivity contribution is -0.133. The molecule has 1 aromatic rings. The van der Waals surface area contributed by atoms with Gasteiger partial charge >= 0.3 is 0 Å². The van der Waals surface area contributed by atoms with Gasteiger partial charge in [-0.2, -0.15) is 0 Å². The Kier molecular flexibility index (Phi) is 4.50. The predicted octanol–water partition coefficient (Wildman–Crippen LogP) is 0.288. The third kappa shape index (κ3) is 3.09. The van der Waals surface area contributed by atoms with Crippen molar-refractivity contribution in [3.8, 4) is 0 Å². The summed E-state index contributed by atoms with van der Waals surface area (Å²) < 4.78 is 25.2. The van der Waals surface area contributed by atoms with Gasteiger partial charge in [-0.1, -0.05) is 0 Å². The third-order valence-electron chi connectivity index (χ3n) is 3.98. The smallest absolute Gasteiger partial charge is 0.254 e. The number of carbonyl (C=O) groups excluding carboxylic acids is 2. The van der Waals surface area contributed by atoms with E-state index in [9.17, 15) is 18.0 Å². The molecule has 8 heteroatoms. The Labute approximate surface area is 136 Å². The molecule has 0 saturated carbocycles. The van der Waals surface area contributed by atoms with Gasteiger partial charge in [-0.15, -0.1) is 0 Å². The molecule has 0 unspecified atom stereocenters. The molecule has 0 spiro atoms. The maximum absolute atomic E-state index is 12.6. The van der Waals surface area contributed by atoms with Gasteiger partial charge in [-0.25, -0.2) is 12.7 Å². The number of piperazine rings is 1. The van der Waals surface area contributed by atoms with Gasteiger partial charge < -0.3 is 10.2 Å². The second kappa shape index (κ2) is 5.93. The molecule has 2 amide bonds. The average molecular weight is 339 g/mol. The lowest BCUT2D eigenvalue weighted by Crippen LogP contribution is -2.63. The van der Waals surface area contributed by atoms with E-state index < -0.39 is 15.6 Å². The zero-order chi connectivity index (χ0) is 17.4. The summed E-state index contributed by atoms with van der Waals surface area (Å²) in [6.45, 7) is 4.19. The highest BCUT2D eigenvalue weighted by Gasteiger charge is 2.40. The monoisotopic (exact) mass is 339 g/mol. The predicted molar refractivity (Wildman–Crippen MR) is 85.4 cm³/mol. The number of rotatable bonds is 3. The maximum Gasteiger partial charge on any atom is 0.254 e. The second-order valence-corrected chi connectivity index (χ2v) is 8.24. The molecule has 0 atom stereocenters. The minimum Gasteiger partial charge on any atom is -0.352 e. The fourth-order valence-corrected chi connectivity index (χ4v) is 3.29. The van der Waals surface area contributed by atoms with Crippen molar-refractivity contribution in [1.29, 1.82) is 0 Å². The van der Waals surface area contributed by atoms with E-state index in [1.165, 1.54) is 43.3 Å². The summed E-state index contributed by atoms with van der Waals surface area (Å²) in [4.78, 5) is 26.2. The molecule has 0 radical (unpaired) electrons. The van der Waals surface area contributed by atoms with E-state index in [0.717, 1.165) is 4.31 Å². The van der Waals surface area contributed by atoms with Crippen molar-refractivity contribution >= 4 is 21.8 Å². The molecule has 1 saturated heterocycles. The number of hydrogen-bond donors (Lipinski definition) is 1. The molecule has 1 aliphatic heterocycles. The van der Waals surface area contributed by atoms with Crippen molar-refractivity contribution in [3.63, 3.8) is 0 Å². The van der Waals surface area contributed by atoms with Gasteiger partial charge in [0.1, 0.15) is 5.54 Å². The number of amides is 2. The van der Waals surface area contributed by atoms with Gasteiger partial charge in [0.2, 0.25) is 15.9 Å². The molecule has 126 valence electrons. The highest BCUT2D eigenvalue weighted by molar-refractivity contribution is 7.89. The van der Waals surface area contributed by atoms with Crippen molar-refractivity contribution in [1.82, 2.24) is 14.5 Å². The summed E-state index contributed by atoms with van der Waals surface area (Å²) in [5.74, 6) is -0.498. The van der Waals surface area contributed by atoms with Crippen molar-refractivity contribution in [2.24, 2.45) is 0 Å². The fourth-order valence-electron chi connectivity index (χ4n) is 2.39. The summed E-state index contributed by atoms with van der Waals surface area (Å²) in [6, 6.07) is 5.75. The lowest BCUT2D eigenvalue weighted by Gasteiger charge is -2.41. The summed E-state index contributed by atoms with van der Waals surface area (Å²) in [6.07, 6.45) is 0. The van der Waals surface area contributed by atoms with E-state index in [1.54, 1.807) is 13.8 Å². The van der Waals surface area contributed by atoms with Crippen LogP contribution in [0, 0.1) is 0 Å². The minimum atomic E-state index is -3.53. The molecular weight excluding hydrogens is 318 g/mol. The zero-order valence-corrected chi connectivity index (χ0v) is 14.5. The summed E-state index contributed by atoms with van der Waals surface area (Å²) in [5.41, 5.74) is -0.588. The quantitative estimate of drug-likeness (QED) is 0.857. The molecule has 0 bridgehead atoms. The van der Waals surface area contributed by atoms with Gasteiger partial charge in [0, 0.05) is 32.7 Å². The van der Waals surface area contributed by atoms with Crippen LogP contribution in [0.4, 0.5) is 0 Å². The van der Waals surface area contributed by atoms with Crippen LogP contribution in [0.5, 0.6) is 0 Å². The molecule has 1 fully saturated rings. The van der Waals surface area contributed by atoms with Gasteiger partial charge in [-0.3, -0.25) is 9.59 Å². The molecule has 0 aliphatic carbocycles. The Morgan fingerprint density at radius 3 is 2.30 bits per heavy atom. The Morgan fingerprint density at radius 1 is 1.22 bits per heavy atom. The lowest BCUT2D eigenvalue weighted by atomic mass is 9.97. The first kappa shape index (κ1) is 17.4. The third-order valence-corrected chi connectivity index (χ3v) is 5.81. The summed E-state index contributed by atoms with van der Waals surface area (Å²) >= 11 is 0. The number of sulfonamides is 1. The van der Waals surface area contributed by atoms with Gasteiger partial charge in [-0.05, 0) is 38.1 Å². The largest absolute Gasteiger partial charge is 0.352 e. The summed E-state index contributed by atoms with van der Waals surface area (Å²) in [7, 11) is -0.636. The Hall–Kier alpha value is -1.93. The molecular formula is C15H21N3O4S. The van der Waals surface area contributed by atoms with E-state index in [1.807, 2.05) is 0 Å². The first-order valence-corrected chi connectivity index (χ1v) is 8.65. The number of nitrogens with zero attached hydrogens (tertiary/aromatic N) is 2. The summed E-state index contributed by atoms with van der Waals surface area (Å²) in [5, 5.41) is 2.73. The van der Waals surface area contributed by atoms with E-state index in [4.69, 9.17) is 0 Å². The van der Waals surface area contributed by atoms with Crippen LogP contribution in [0.3, 0.4) is 0 Å². The van der Waals surface area contributed by atoms with Crippen LogP contribution >= 0.6 is 0 Å². The number of benzene rings is 1. The number of carbonyl (C=O) groups is 2. The molecule has 2 rings (SSSR count). The van der Waals surface area contributed by atoms with Crippen LogP contribution in [0.1, 0.15) is 24.2 Å². The molecule has 7 nitrogen and oxygen atoms in total. The Balaban J connectivity index is 2.29. The van der Waals surface area contributed by atoms with E-state index in [0.29, 0.717) is 18.7 Å². The Bertz CT molecular complexity index is 724. The van der Waals surface area contributed by atoms with Crippen LogP contribution in [-0.4, -0.2) is 62.2 Å². The molecule has 1 heterocycles. The van der Waals surface area contributed by atoms with Crippen molar-refractivity contribution in [3.05, 3.63) is 29.8 Å². The highest BCUT2D eigenvalue weighted by atomic mass is 32.2. The normalized spacial score (nSPS) is 18.0. The SMILES string of the molecule is CN(C)S(=O)(=O)c1ccc(C(=O)N2CCNC(=O)C2(C)C)cc1. The molecule has 1 aromatic carbocycles. The van der Waals surface area contributed by atoms with Crippen LogP contribution in [0.15, 0.2) is 29.2 Å². The zero-order valence-electron chi connectivity index (χ0n) is 13.7. The first-order valence-electron chi connectivity index (χ1n) is 7.21. The topological polar surface area (TPSA) is 86.8 Å². The number of nitrogens with one attached hydrogen (secondary N) is 1. The van der Waals surface area contributed by atoms with Crippen LogP contribution in [-0.2, 0) is 14.8 Å². The molecule has 1 N–H and O–H groups in total. The van der Waals surface area contributed by atoms with E-state index >= 15 is 0 Å². The van der Waals surface area contributed by atoms with Crippen molar-refractivity contribution < 1.29 is 18.0 Å². The van der Waals surface area contributed by atoms with E-state index in [-0.39, 0.29) is 16.7 Å². The van der Waals surface area contributed by atoms with Crippen LogP contribution < -0.4 is 5.32 Å². The van der Waals surface area contributed by atoms with E-state index in [2.05, 4.69) is 5.32 Å². The molecule has 23 heavy (non-hydrogen) atoms. The van der Waals surface area contributed by atoms with Crippen LogP contribution in [0.2, 0.25) is 0 Å². The van der Waals surface area contributed by atoms with Gasteiger partial charge in [0.25, 0.3) is 5.91 Å². The van der Waals surface area contributed by atoms with Gasteiger partial charge in [0.15, 0.2) is 0 Å². The van der Waals surface area contributed by atoms with Crippen LogP contribution in [0.25, 0.3) is 0 Å². The van der Waals surface area contributed by atoms with Crippen molar-refractivity contribution in [2.75, 3.05) is 27.2 Å². The molecule has 0 aromatic heterocycles. The fraction of sp³-hybridized carbons (Fsp3) is 0.467. The first-order chi connectivity index (χ1) is 10.6. The Morgan fingerprint density at radius 2 is 1.78 bits per heavy atom. The van der Waals surface area contributed by atoms with Crippen molar-refractivity contribution in [2.45, 2.75) is 24.3 Å². The standard InChI is InChI=1S/C15H21N3O4S/c1-15(2)14(20)16-9-10-18(15)13(19)11-5-7-12(8-6-11)23(21,22)17(3)4/h5-8H,9-10H2,1-4H3,(H,16,20).